The zero-order valence-corrected chi connectivity index (χ0v) is 27.0. The summed E-state index contributed by atoms with van der Waals surface area (Å²) < 4.78 is 13.1. The molecule has 0 atom stereocenters. The number of carbonyl (C=O) groups excluding carboxylic acids is 3. The maximum Gasteiger partial charge on any atom is 0.329 e. The van der Waals surface area contributed by atoms with Crippen molar-refractivity contribution in [3.8, 4) is 11.5 Å². The van der Waals surface area contributed by atoms with Crippen molar-refractivity contribution in [2.75, 3.05) is 18.5 Å². The van der Waals surface area contributed by atoms with Gasteiger partial charge in [0.2, 0.25) is 0 Å². The average molecular weight is 735 g/mol. The van der Waals surface area contributed by atoms with E-state index in [1.807, 2.05) is 50.2 Å². The van der Waals surface area contributed by atoms with Gasteiger partial charge in [0.05, 0.1) is 16.4 Å². The first kappa shape index (κ1) is 32.1. The molecule has 0 aromatic heterocycles. The van der Waals surface area contributed by atoms with Gasteiger partial charge in [-0.05, 0) is 94.9 Å². The van der Waals surface area contributed by atoms with Crippen molar-refractivity contribution in [3.05, 3.63) is 84.9 Å². The molecule has 3 aromatic rings. The van der Waals surface area contributed by atoms with Crippen LogP contribution in [0.3, 0.4) is 0 Å². The lowest BCUT2D eigenvalue weighted by Crippen LogP contribution is -2.37. The summed E-state index contributed by atoms with van der Waals surface area (Å²) in [5.41, 5.74) is 6.59. The summed E-state index contributed by atoms with van der Waals surface area (Å²) in [6.45, 7) is 8.36. The Bertz CT molecular complexity index is 1430. The normalized spacial score (nSPS) is 10.9. The predicted octanol–water partition coefficient (Wildman–Crippen LogP) is 5.67. The minimum atomic E-state index is -0.883. The molecule has 0 unspecified atom stereocenters. The Hall–Kier alpha value is -3.45. The summed E-state index contributed by atoms with van der Waals surface area (Å²) >= 11 is 5.51. The SMILES string of the molecule is CCOc1cc(/C=N\NC(=O)C(=O)NCc2ccc(C(C)C)cc2)cc(I)c1OCC(=O)Nc1ccc(Br)c(C)c1. The molecule has 0 aliphatic heterocycles. The highest BCUT2D eigenvalue weighted by molar-refractivity contribution is 14.1. The number of anilines is 1. The molecule has 0 fully saturated rings. The molecule has 0 aliphatic rings. The summed E-state index contributed by atoms with van der Waals surface area (Å²) in [7, 11) is 0. The molecule has 11 heteroatoms. The Kier molecular flexibility index (Phi) is 12.1. The Morgan fingerprint density at radius 2 is 1.76 bits per heavy atom. The molecule has 9 nitrogen and oxygen atoms in total. The van der Waals surface area contributed by atoms with Gasteiger partial charge < -0.3 is 20.1 Å². The zero-order chi connectivity index (χ0) is 29.9. The van der Waals surface area contributed by atoms with Crippen molar-refractivity contribution in [2.45, 2.75) is 40.2 Å². The van der Waals surface area contributed by atoms with E-state index in [0.717, 1.165) is 15.6 Å². The van der Waals surface area contributed by atoms with Crippen molar-refractivity contribution in [1.29, 1.82) is 0 Å². The van der Waals surface area contributed by atoms with Gasteiger partial charge in [-0.15, -0.1) is 0 Å². The van der Waals surface area contributed by atoms with Crippen molar-refractivity contribution >= 4 is 68.1 Å². The van der Waals surface area contributed by atoms with Crippen molar-refractivity contribution in [1.82, 2.24) is 10.7 Å². The second-order valence-corrected chi connectivity index (χ2v) is 11.4. The van der Waals surface area contributed by atoms with Crippen molar-refractivity contribution in [2.24, 2.45) is 5.10 Å². The zero-order valence-electron chi connectivity index (χ0n) is 23.2. The predicted molar refractivity (Wildman–Crippen MR) is 171 cm³/mol. The topological polar surface area (TPSA) is 118 Å². The van der Waals surface area contributed by atoms with Crippen LogP contribution in [0.5, 0.6) is 11.5 Å². The van der Waals surface area contributed by atoms with Crippen LogP contribution in [0.1, 0.15) is 48.9 Å². The number of nitrogens with one attached hydrogen (secondary N) is 3. The smallest absolute Gasteiger partial charge is 0.329 e. The van der Waals surface area contributed by atoms with Gasteiger partial charge in [-0.1, -0.05) is 54.0 Å². The second kappa shape index (κ2) is 15.5. The van der Waals surface area contributed by atoms with Crippen LogP contribution in [0, 0.1) is 10.5 Å². The summed E-state index contributed by atoms with van der Waals surface area (Å²) in [5, 5.41) is 9.30. The molecule has 0 saturated heterocycles. The Balaban J connectivity index is 1.56. The molecule has 3 aromatic carbocycles. The van der Waals surface area contributed by atoms with E-state index in [9.17, 15) is 14.4 Å². The third-order valence-corrected chi connectivity index (χ3v) is 7.50. The highest BCUT2D eigenvalue weighted by Crippen LogP contribution is 2.34. The van der Waals surface area contributed by atoms with Crippen LogP contribution >= 0.6 is 38.5 Å². The van der Waals surface area contributed by atoms with Gasteiger partial charge in [-0.2, -0.15) is 5.10 Å². The van der Waals surface area contributed by atoms with Gasteiger partial charge in [-0.3, -0.25) is 14.4 Å². The molecule has 3 N–H and O–H groups in total. The largest absolute Gasteiger partial charge is 0.490 e. The Morgan fingerprint density at radius 3 is 2.41 bits per heavy atom. The summed E-state index contributed by atoms with van der Waals surface area (Å²) in [5.74, 6) is -0.744. The third-order valence-electron chi connectivity index (χ3n) is 5.81. The molecular weight excluding hydrogens is 703 g/mol. The first-order valence-corrected chi connectivity index (χ1v) is 14.8. The lowest BCUT2D eigenvalue weighted by Gasteiger charge is -2.15. The number of carbonyl (C=O) groups is 3. The molecule has 3 amide bonds. The van der Waals surface area contributed by atoms with E-state index in [0.29, 0.717) is 38.8 Å². The molecule has 216 valence electrons. The Labute approximate surface area is 261 Å². The van der Waals surface area contributed by atoms with Gasteiger partial charge in [-0.25, -0.2) is 5.43 Å². The van der Waals surface area contributed by atoms with E-state index in [4.69, 9.17) is 9.47 Å². The fraction of sp³-hybridized carbons (Fsp3) is 0.267. The molecule has 0 radical (unpaired) electrons. The molecule has 0 aliphatic carbocycles. The number of hydrazone groups is 1. The van der Waals surface area contributed by atoms with E-state index in [2.05, 4.69) is 73.5 Å². The number of benzene rings is 3. The van der Waals surface area contributed by atoms with Gasteiger partial charge in [0.25, 0.3) is 5.91 Å². The van der Waals surface area contributed by atoms with E-state index >= 15 is 0 Å². The highest BCUT2D eigenvalue weighted by Gasteiger charge is 2.15. The van der Waals surface area contributed by atoms with Gasteiger partial charge in [0, 0.05) is 16.7 Å². The first-order chi connectivity index (χ1) is 19.6. The molecule has 41 heavy (non-hydrogen) atoms. The van der Waals surface area contributed by atoms with Crippen LogP contribution in [0.2, 0.25) is 0 Å². The summed E-state index contributed by atoms with van der Waals surface area (Å²) in [4.78, 5) is 36.8. The molecular formula is C30H32BrIN4O5. The molecule has 0 bridgehead atoms. The number of nitrogens with zero attached hydrogens (tertiary/aromatic N) is 1. The number of hydrogen-bond donors (Lipinski definition) is 3. The van der Waals surface area contributed by atoms with E-state index in [1.165, 1.54) is 11.8 Å². The average Bonchev–Trinajstić information content (AvgIpc) is 2.93. The standard InChI is InChI=1S/C30H32BrIN4O5/c1-5-40-26-14-21(13-25(32)28(26)41-17-27(37)35-23-10-11-24(31)19(4)12-23)16-34-36-30(39)29(38)33-15-20-6-8-22(9-7-20)18(2)3/h6-14,16,18H,5,15,17H2,1-4H3,(H,33,38)(H,35,37)(H,36,39)/b34-16-. The molecule has 3 rings (SSSR count). The number of hydrogen-bond acceptors (Lipinski definition) is 6. The van der Waals surface area contributed by atoms with Crippen LogP contribution < -0.4 is 25.5 Å². The van der Waals surface area contributed by atoms with E-state index < -0.39 is 11.8 Å². The Morgan fingerprint density at radius 1 is 1.02 bits per heavy atom. The van der Waals surface area contributed by atoms with Gasteiger partial charge >= 0.3 is 11.8 Å². The number of rotatable bonds is 11. The quantitative estimate of drug-likeness (QED) is 0.102. The third kappa shape index (κ3) is 9.85. The second-order valence-electron chi connectivity index (χ2n) is 9.34. The number of halogens is 2. The van der Waals surface area contributed by atoms with E-state index in [1.54, 1.807) is 18.2 Å². The monoisotopic (exact) mass is 734 g/mol. The fourth-order valence-electron chi connectivity index (χ4n) is 3.62. The number of ether oxygens (including phenoxy) is 2. The van der Waals surface area contributed by atoms with Crippen molar-refractivity contribution < 1.29 is 23.9 Å². The molecule has 0 spiro atoms. The lowest BCUT2D eigenvalue weighted by molar-refractivity contribution is -0.139. The van der Waals surface area contributed by atoms with Crippen molar-refractivity contribution in [3.63, 3.8) is 0 Å². The minimum Gasteiger partial charge on any atom is -0.490 e. The van der Waals surface area contributed by atoms with Gasteiger partial charge in [0.15, 0.2) is 18.1 Å². The van der Waals surface area contributed by atoms with Crippen LogP contribution in [-0.4, -0.2) is 37.1 Å². The van der Waals surface area contributed by atoms with Crippen LogP contribution in [-0.2, 0) is 20.9 Å². The number of amides is 3. The maximum atomic E-state index is 12.5. The highest BCUT2D eigenvalue weighted by atomic mass is 127. The number of aryl methyl sites for hydroxylation is 1. The maximum absolute atomic E-state index is 12.5. The lowest BCUT2D eigenvalue weighted by atomic mass is 10.0. The molecule has 0 heterocycles. The van der Waals surface area contributed by atoms with Crippen LogP contribution in [0.15, 0.2) is 64.2 Å². The van der Waals surface area contributed by atoms with Crippen LogP contribution in [0.25, 0.3) is 0 Å². The van der Waals surface area contributed by atoms with Gasteiger partial charge in [0.1, 0.15) is 0 Å². The fourth-order valence-corrected chi connectivity index (χ4v) is 4.65. The summed E-state index contributed by atoms with van der Waals surface area (Å²) in [6.07, 6.45) is 1.40. The van der Waals surface area contributed by atoms with E-state index in [-0.39, 0.29) is 19.1 Å². The van der Waals surface area contributed by atoms with Crippen LogP contribution in [0.4, 0.5) is 5.69 Å². The summed E-state index contributed by atoms with van der Waals surface area (Å²) in [6, 6.07) is 16.8. The molecule has 0 saturated carbocycles. The first-order valence-electron chi connectivity index (χ1n) is 12.9. The minimum absolute atomic E-state index is 0.217.